The molecule has 60 heavy (non-hydrogen) atoms. The fourth-order valence-electron chi connectivity index (χ4n) is 8.15. The normalized spacial score (nSPS) is 26.6. The van der Waals surface area contributed by atoms with Crippen LogP contribution in [0.1, 0.15) is 52.5 Å². The van der Waals surface area contributed by atoms with Crippen molar-refractivity contribution >= 4 is 58.3 Å². The van der Waals surface area contributed by atoms with Gasteiger partial charge < -0.3 is 50.8 Å². The molecule has 0 spiro atoms. The molecule has 3 saturated heterocycles. The van der Waals surface area contributed by atoms with Gasteiger partial charge in [-0.05, 0) is 81.8 Å². The second kappa shape index (κ2) is 18.0. The molecule has 18 nitrogen and oxygen atoms in total. The molecular weight excluding hydrogens is 788 g/mol. The Balaban J connectivity index is 1.34. The van der Waals surface area contributed by atoms with Gasteiger partial charge in [0.1, 0.15) is 54.0 Å². The molecule has 4 heterocycles. The van der Waals surface area contributed by atoms with E-state index in [0.717, 1.165) is 17.0 Å². The Kier molecular flexibility index (Phi) is 13.0. The summed E-state index contributed by atoms with van der Waals surface area (Å²) in [6.07, 6.45) is -1.19. The van der Waals surface area contributed by atoms with Crippen molar-refractivity contribution in [1.82, 2.24) is 40.6 Å². The second-order valence-corrected chi connectivity index (χ2v) is 15.8. The molecule has 0 saturated carbocycles. The Morgan fingerprint density at radius 1 is 0.983 bits per heavy atom. The quantitative estimate of drug-likeness (QED) is 0.184. The van der Waals surface area contributed by atoms with Crippen LogP contribution in [-0.4, -0.2) is 140 Å². The molecule has 6 rings (SSSR count). The van der Waals surface area contributed by atoms with E-state index in [-0.39, 0.29) is 37.4 Å². The third kappa shape index (κ3) is 9.48. The summed E-state index contributed by atoms with van der Waals surface area (Å²) in [5, 5.41) is 21.0. The van der Waals surface area contributed by atoms with Gasteiger partial charge in [0.05, 0.1) is 23.5 Å². The summed E-state index contributed by atoms with van der Waals surface area (Å²) in [4.78, 5) is 108. The van der Waals surface area contributed by atoms with Crippen LogP contribution in [0.25, 0.3) is 11.0 Å². The van der Waals surface area contributed by atoms with Crippen molar-refractivity contribution in [2.45, 2.75) is 102 Å². The Morgan fingerprint density at radius 2 is 1.70 bits per heavy atom. The van der Waals surface area contributed by atoms with E-state index in [9.17, 15) is 47.4 Å². The zero-order chi connectivity index (χ0) is 43.6. The van der Waals surface area contributed by atoms with Crippen LogP contribution >= 0.6 is 0 Å². The van der Waals surface area contributed by atoms with E-state index in [4.69, 9.17) is 4.74 Å². The number of hydrogen-bond donors (Lipinski definition) is 6. The first-order valence-corrected chi connectivity index (χ1v) is 19.7. The number of urea groups is 1. The zero-order valence-electron chi connectivity index (χ0n) is 33.7. The number of rotatable bonds is 7. The lowest BCUT2D eigenvalue weighted by molar-refractivity contribution is -0.163. The van der Waals surface area contributed by atoms with Crippen molar-refractivity contribution in [3.05, 3.63) is 59.9 Å². The van der Waals surface area contributed by atoms with Crippen LogP contribution < -0.4 is 21.3 Å². The minimum Gasteiger partial charge on any atom is -0.458 e. The largest absolute Gasteiger partial charge is 0.458 e. The average Bonchev–Trinajstić information content (AvgIpc) is 3.95. The molecule has 3 fully saturated rings. The lowest BCUT2D eigenvalue weighted by atomic mass is 10.0. The molecule has 20 heteroatoms. The van der Waals surface area contributed by atoms with Crippen LogP contribution in [-0.2, 0) is 39.9 Å². The van der Waals surface area contributed by atoms with Crippen LogP contribution in [0.3, 0.4) is 0 Å². The summed E-state index contributed by atoms with van der Waals surface area (Å²) in [5.74, 6) is -6.99. The number of carbonyl (C=O) groups excluding carboxylic acids is 7. The van der Waals surface area contributed by atoms with E-state index in [1.54, 1.807) is 18.2 Å². The number of aromatic amines is 1. The van der Waals surface area contributed by atoms with Gasteiger partial charge >= 0.3 is 12.0 Å². The molecular formula is C40H49F2N9O9. The van der Waals surface area contributed by atoms with Gasteiger partial charge in [0, 0.05) is 38.3 Å². The molecule has 7 amide bonds. The summed E-state index contributed by atoms with van der Waals surface area (Å²) in [6, 6.07) is -1.76. The Labute approximate surface area is 343 Å². The number of carbonyl (C=O) groups is 7. The molecule has 0 bridgehead atoms. The summed E-state index contributed by atoms with van der Waals surface area (Å²) in [6.45, 7) is 6.04. The topological polar surface area (TPSA) is 235 Å². The number of aromatic nitrogens is 2. The first-order chi connectivity index (χ1) is 28.4. The monoisotopic (exact) mass is 837 g/mol. The number of cyclic esters (lactones) is 1. The minimum atomic E-state index is -1.70. The highest BCUT2D eigenvalue weighted by Crippen LogP contribution is 2.27. The number of anilines is 1. The van der Waals surface area contributed by atoms with Gasteiger partial charge in [-0.2, -0.15) is 0 Å². The Hall–Kier alpha value is -6.18. The van der Waals surface area contributed by atoms with Crippen molar-refractivity contribution in [2.75, 3.05) is 25.5 Å². The fourth-order valence-corrected chi connectivity index (χ4v) is 8.15. The number of fused-ring (bicyclic) bond motifs is 3. The molecule has 3 aliphatic heterocycles. The van der Waals surface area contributed by atoms with Crippen molar-refractivity contribution in [1.29, 1.82) is 0 Å². The van der Waals surface area contributed by atoms with Gasteiger partial charge in [-0.25, -0.2) is 23.4 Å². The number of amides is 7. The summed E-state index contributed by atoms with van der Waals surface area (Å²) >= 11 is 0. The number of nitrogens with zero attached hydrogens (tertiary/aromatic N) is 4. The van der Waals surface area contributed by atoms with Gasteiger partial charge in [0.25, 0.3) is 0 Å². The zero-order valence-corrected chi connectivity index (χ0v) is 33.7. The maximum atomic E-state index is 14.6. The lowest BCUT2D eigenvalue weighted by Crippen LogP contribution is -2.63. The molecule has 6 N–H and O–H groups in total. The molecule has 3 aromatic rings. The first-order valence-electron chi connectivity index (χ1n) is 19.7. The molecule has 2 aromatic carbocycles. The summed E-state index contributed by atoms with van der Waals surface area (Å²) < 4.78 is 34.6. The van der Waals surface area contributed by atoms with E-state index < -0.39 is 108 Å². The van der Waals surface area contributed by atoms with Gasteiger partial charge in [-0.15, -0.1) is 0 Å². The van der Waals surface area contributed by atoms with Crippen LogP contribution in [0.5, 0.6) is 0 Å². The maximum Gasteiger partial charge on any atom is 0.329 e. The van der Waals surface area contributed by atoms with Crippen molar-refractivity contribution in [3.63, 3.8) is 0 Å². The van der Waals surface area contributed by atoms with Crippen LogP contribution in [0.2, 0.25) is 0 Å². The molecule has 0 radical (unpaired) electrons. The number of aliphatic hydroxyl groups excluding tert-OH is 1. The number of benzene rings is 2. The highest BCUT2D eigenvalue weighted by molar-refractivity contribution is 5.99. The molecule has 9 atom stereocenters. The fraction of sp³-hybridized carbons (Fsp3) is 0.500. The van der Waals surface area contributed by atoms with Crippen LogP contribution in [0.15, 0.2) is 42.7 Å². The third-order valence-electron chi connectivity index (χ3n) is 11.1. The van der Waals surface area contributed by atoms with Gasteiger partial charge in [0.15, 0.2) is 0 Å². The number of aliphatic hydroxyl groups is 1. The smallest absolute Gasteiger partial charge is 0.329 e. The van der Waals surface area contributed by atoms with E-state index >= 15 is 0 Å². The average molecular weight is 838 g/mol. The number of hydrogen-bond acceptors (Lipinski definition) is 10. The first kappa shape index (κ1) is 43.4. The van der Waals surface area contributed by atoms with E-state index in [2.05, 4.69) is 31.2 Å². The molecule has 322 valence electrons. The lowest BCUT2D eigenvalue weighted by Gasteiger charge is -2.37. The third-order valence-corrected chi connectivity index (χ3v) is 11.1. The van der Waals surface area contributed by atoms with Crippen molar-refractivity contribution < 1.29 is 52.2 Å². The van der Waals surface area contributed by atoms with Gasteiger partial charge in [-0.3, -0.25) is 24.0 Å². The summed E-state index contributed by atoms with van der Waals surface area (Å²) in [7, 11) is 1.29. The molecule has 1 aromatic heterocycles. The summed E-state index contributed by atoms with van der Waals surface area (Å²) in [5.41, 5.74) is 1.51. The number of nitrogens with one attached hydrogen (secondary N) is 5. The van der Waals surface area contributed by atoms with E-state index in [1.807, 2.05) is 6.92 Å². The Morgan fingerprint density at radius 3 is 2.40 bits per heavy atom. The van der Waals surface area contributed by atoms with Gasteiger partial charge in [-0.1, -0.05) is 6.92 Å². The number of H-pyrrole nitrogens is 1. The molecule has 0 aliphatic carbocycles. The SMILES string of the molecule is CC(O)[C@H]1C(=O)N[C@@H](C)C(=O)N2C[C@H](C)C[C@H]2C(=O)O[C@@H](C)[C@H](NC(=O)[C@H](Cc2cc(F)cc(F)c2)NC(=O)Nc2ccc3nc[nH]c3c2)C(=O)N2CCC[C@H]2C(=O)N1C. The Bertz CT molecular complexity index is 2150. The second-order valence-electron chi connectivity index (χ2n) is 15.8. The van der Waals surface area contributed by atoms with E-state index in [1.165, 1.54) is 43.9 Å². The van der Waals surface area contributed by atoms with Crippen LogP contribution in [0.4, 0.5) is 19.3 Å². The number of imidazole rings is 1. The molecule has 1 unspecified atom stereocenters. The number of halogens is 2. The maximum absolute atomic E-state index is 14.6. The highest BCUT2D eigenvalue weighted by Gasteiger charge is 2.47. The minimum absolute atomic E-state index is 0.0186. The van der Waals surface area contributed by atoms with E-state index in [0.29, 0.717) is 29.2 Å². The predicted molar refractivity (Wildman–Crippen MR) is 209 cm³/mol. The van der Waals surface area contributed by atoms with Gasteiger partial charge in [0.2, 0.25) is 29.5 Å². The number of likely N-dealkylation sites (N-methyl/N-ethyl adjacent to an activating group) is 1. The van der Waals surface area contributed by atoms with Crippen LogP contribution in [0, 0.1) is 17.6 Å². The highest BCUT2D eigenvalue weighted by atomic mass is 19.1. The number of esters is 1. The predicted octanol–water partition coefficient (Wildman–Crippen LogP) is 0.945. The van der Waals surface area contributed by atoms with Crippen molar-refractivity contribution in [2.24, 2.45) is 5.92 Å². The standard InChI is InChI=1S/C40H49F2N9O9/c1-19-11-31-39(58)60-22(4)32(38(57)50-10-6-7-30(50)37(56)49(5)33(21(3)52)35(54)45-20(2)36(55)51(31)17-19)48-34(53)29(14-23-12-24(41)15-25(42)13-23)47-40(59)46-26-8-9-27-28(16-26)44-18-43-27/h8-9,12-13,15-16,18-22,29-33,52H,6-7,10-11,14,17H2,1-5H3,(H,43,44)(H,45,54)(H,48,53)(H2,46,47,59)/t19-,20+,21?,22+,29+,30+,31+,32+,33+/m1/s1. The molecule has 3 aliphatic rings. The number of ether oxygens (including phenoxy) is 1. The van der Waals surface area contributed by atoms with Crippen molar-refractivity contribution in [3.8, 4) is 0 Å².